The molecule has 2 heteroatoms. The Kier molecular flexibility index (Phi) is 4.89. The normalized spacial score (nSPS) is 21.4. The Morgan fingerprint density at radius 2 is 2.15 bits per heavy atom. The molecule has 1 saturated heterocycles. The summed E-state index contributed by atoms with van der Waals surface area (Å²) in [6.45, 7) is 5.97. The molecule has 0 bridgehead atoms. The lowest BCUT2D eigenvalue weighted by atomic mass is 9.92. The third-order valence-corrected chi connectivity index (χ3v) is 3.64. The van der Waals surface area contributed by atoms with E-state index in [2.05, 4.69) is 25.3 Å². The van der Waals surface area contributed by atoms with Crippen molar-refractivity contribution in [2.45, 2.75) is 38.6 Å². The molecule has 0 aromatic carbocycles. The highest BCUT2D eigenvalue weighted by atomic mass is 32.2. The van der Waals surface area contributed by atoms with E-state index in [1.165, 1.54) is 36.3 Å². The molecule has 0 amide bonds. The topological polar surface area (TPSA) is 26.0 Å². The van der Waals surface area contributed by atoms with E-state index in [4.69, 9.17) is 5.73 Å². The highest BCUT2D eigenvalue weighted by Crippen LogP contribution is 2.26. The van der Waals surface area contributed by atoms with Crippen molar-refractivity contribution >= 4 is 11.8 Å². The van der Waals surface area contributed by atoms with Gasteiger partial charge in [0, 0.05) is 6.04 Å². The lowest BCUT2D eigenvalue weighted by Gasteiger charge is -2.24. The Morgan fingerprint density at radius 1 is 1.54 bits per heavy atom. The molecule has 2 N–H and O–H groups in total. The van der Waals surface area contributed by atoms with Crippen molar-refractivity contribution < 1.29 is 0 Å². The van der Waals surface area contributed by atoms with Crippen LogP contribution in [0.3, 0.4) is 0 Å². The molecule has 0 radical (unpaired) electrons. The van der Waals surface area contributed by atoms with Gasteiger partial charge in [-0.25, -0.2) is 0 Å². The van der Waals surface area contributed by atoms with Gasteiger partial charge in [0.15, 0.2) is 0 Å². The van der Waals surface area contributed by atoms with Gasteiger partial charge in [0.25, 0.3) is 0 Å². The van der Waals surface area contributed by atoms with Crippen LogP contribution in [-0.2, 0) is 0 Å². The van der Waals surface area contributed by atoms with E-state index in [1.807, 2.05) is 0 Å². The predicted molar refractivity (Wildman–Crippen MR) is 62.1 cm³/mol. The van der Waals surface area contributed by atoms with Crippen molar-refractivity contribution in [1.82, 2.24) is 0 Å². The van der Waals surface area contributed by atoms with Gasteiger partial charge in [-0.05, 0) is 50.0 Å². The fraction of sp³-hybridized carbons (Fsp3) is 0.818. The monoisotopic (exact) mass is 199 g/mol. The molecule has 0 saturated carbocycles. The van der Waals surface area contributed by atoms with Crippen LogP contribution in [0, 0.1) is 5.92 Å². The fourth-order valence-electron chi connectivity index (χ4n) is 1.94. The lowest BCUT2D eigenvalue weighted by Crippen LogP contribution is -2.25. The highest BCUT2D eigenvalue weighted by molar-refractivity contribution is 7.99. The average molecular weight is 199 g/mol. The highest BCUT2D eigenvalue weighted by Gasteiger charge is 2.16. The van der Waals surface area contributed by atoms with Gasteiger partial charge in [0.05, 0.1) is 0 Å². The molecule has 1 rings (SSSR count). The molecule has 1 aliphatic rings. The van der Waals surface area contributed by atoms with Crippen LogP contribution in [0.1, 0.15) is 32.6 Å². The molecule has 76 valence electrons. The van der Waals surface area contributed by atoms with E-state index in [9.17, 15) is 0 Å². The van der Waals surface area contributed by atoms with Crippen LogP contribution in [0.5, 0.6) is 0 Å². The number of hydrogen-bond donors (Lipinski definition) is 1. The summed E-state index contributed by atoms with van der Waals surface area (Å²) in [6, 6.07) is 0.352. The summed E-state index contributed by atoms with van der Waals surface area (Å²) in [5.41, 5.74) is 7.26. The smallest absolute Gasteiger partial charge is 0.00785 e. The Labute approximate surface area is 86.2 Å². The Bertz CT molecular complexity index is 161. The zero-order valence-electron chi connectivity index (χ0n) is 8.59. The van der Waals surface area contributed by atoms with E-state index in [0.717, 1.165) is 12.3 Å². The Morgan fingerprint density at radius 3 is 2.69 bits per heavy atom. The van der Waals surface area contributed by atoms with Gasteiger partial charge >= 0.3 is 0 Å². The standard InChI is InChI=1S/C11H21NS/c1-9(2)7-11(12)8-10-3-5-13-6-4-10/h10-11H,1,3-8,12H2,2H3. The largest absolute Gasteiger partial charge is 0.327 e. The predicted octanol–water partition coefficient (Wildman–Crippen LogP) is 2.81. The van der Waals surface area contributed by atoms with Crippen molar-refractivity contribution in [3.8, 4) is 0 Å². The summed E-state index contributed by atoms with van der Waals surface area (Å²) in [5.74, 6) is 3.56. The molecule has 0 aromatic rings. The SMILES string of the molecule is C=C(C)CC(N)CC1CCSCC1. The van der Waals surface area contributed by atoms with Crippen molar-refractivity contribution in [2.75, 3.05) is 11.5 Å². The molecule has 13 heavy (non-hydrogen) atoms. The summed E-state index contributed by atoms with van der Waals surface area (Å²) in [6.07, 6.45) is 4.94. The fourth-order valence-corrected chi connectivity index (χ4v) is 3.15. The van der Waals surface area contributed by atoms with Crippen molar-refractivity contribution in [1.29, 1.82) is 0 Å². The van der Waals surface area contributed by atoms with Crippen molar-refractivity contribution in [3.05, 3.63) is 12.2 Å². The van der Waals surface area contributed by atoms with Crippen LogP contribution in [0.15, 0.2) is 12.2 Å². The molecular formula is C11H21NS. The molecular weight excluding hydrogens is 178 g/mol. The molecule has 1 atom stereocenters. The summed E-state index contributed by atoms with van der Waals surface area (Å²) >= 11 is 2.08. The van der Waals surface area contributed by atoms with Gasteiger partial charge in [0.2, 0.25) is 0 Å². The van der Waals surface area contributed by atoms with E-state index < -0.39 is 0 Å². The Balaban J connectivity index is 2.18. The minimum absolute atomic E-state index is 0.352. The zero-order chi connectivity index (χ0) is 9.68. The maximum Gasteiger partial charge on any atom is 0.00785 e. The first-order valence-corrected chi connectivity index (χ1v) is 6.31. The van der Waals surface area contributed by atoms with Crippen molar-refractivity contribution in [2.24, 2.45) is 11.7 Å². The number of hydrogen-bond acceptors (Lipinski definition) is 2. The second-order valence-corrected chi connectivity index (χ2v) is 5.44. The maximum absolute atomic E-state index is 6.04. The van der Waals surface area contributed by atoms with Gasteiger partial charge in [-0.15, -0.1) is 6.58 Å². The first-order valence-electron chi connectivity index (χ1n) is 5.16. The van der Waals surface area contributed by atoms with Crippen LogP contribution >= 0.6 is 11.8 Å². The van der Waals surface area contributed by atoms with Crippen LogP contribution in [0.4, 0.5) is 0 Å². The van der Waals surface area contributed by atoms with Crippen LogP contribution in [-0.4, -0.2) is 17.5 Å². The molecule has 1 fully saturated rings. The van der Waals surface area contributed by atoms with E-state index in [-0.39, 0.29) is 0 Å². The van der Waals surface area contributed by atoms with Gasteiger partial charge in [-0.3, -0.25) is 0 Å². The summed E-state index contributed by atoms with van der Waals surface area (Å²) in [5, 5.41) is 0. The third-order valence-electron chi connectivity index (χ3n) is 2.59. The first kappa shape index (κ1) is 11.1. The molecule has 1 heterocycles. The number of thioether (sulfide) groups is 1. The molecule has 1 nitrogen and oxygen atoms in total. The molecule has 1 aliphatic heterocycles. The third kappa shape index (κ3) is 4.72. The molecule has 0 aromatic heterocycles. The Hall–Kier alpha value is 0.0500. The van der Waals surface area contributed by atoms with E-state index >= 15 is 0 Å². The number of nitrogens with two attached hydrogens (primary N) is 1. The molecule has 1 unspecified atom stereocenters. The summed E-state index contributed by atoms with van der Waals surface area (Å²) < 4.78 is 0. The molecule has 0 aliphatic carbocycles. The van der Waals surface area contributed by atoms with E-state index in [1.54, 1.807) is 0 Å². The van der Waals surface area contributed by atoms with Gasteiger partial charge in [-0.2, -0.15) is 11.8 Å². The zero-order valence-corrected chi connectivity index (χ0v) is 9.41. The lowest BCUT2D eigenvalue weighted by molar-refractivity contribution is 0.405. The van der Waals surface area contributed by atoms with Crippen LogP contribution < -0.4 is 5.73 Å². The van der Waals surface area contributed by atoms with Gasteiger partial charge < -0.3 is 5.73 Å². The quantitative estimate of drug-likeness (QED) is 0.705. The second-order valence-electron chi connectivity index (χ2n) is 4.21. The molecule has 0 spiro atoms. The minimum atomic E-state index is 0.352. The van der Waals surface area contributed by atoms with Crippen LogP contribution in [0.2, 0.25) is 0 Å². The average Bonchev–Trinajstić information content (AvgIpc) is 2.04. The maximum atomic E-state index is 6.04. The van der Waals surface area contributed by atoms with Gasteiger partial charge in [-0.1, -0.05) is 5.57 Å². The second kappa shape index (κ2) is 5.71. The first-order chi connectivity index (χ1) is 6.18. The van der Waals surface area contributed by atoms with Gasteiger partial charge in [0.1, 0.15) is 0 Å². The van der Waals surface area contributed by atoms with Crippen LogP contribution in [0.25, 0.3) is 0 Å². The van der Waals surface area contributed by atoms with Crippen molar-refractivity contribution in [3.63, 3.8) is 0 Å². The van der Waals surface area contributed by atoms with E-state index in [0.29, 0.717) is 6.04 Å². The minimum Gasteiger partial charge on any atom is -0.327 e. The summed E-state index contributed by atoms with van der Waals surface area (Å²) in [7, 11) is 0. The number of rotatable bonds is 4. The summed E-state index contributed by atoms with van der Waals surface area (Å²) in [4.78, 5) is 0.